The number of aromatic hydroxyl groups is 1. The molecule has 0 aromatic heterocycles. The van der Waals surface area contributed by atoms with E-state index in [9.17, 15) is 5.11 Å². The fraction of sp³-hybridized carbons (Fsp3) is 0. The minimum Gasteiger partial charge on any atom is -0.506 e. The number of thiocarbonyl (C=S) groups is 1. The second-order valence-corrected chi connectivity index (χ2v) is 3.29. The summed E-state index contributed by atoms with van der Waals surface area (Å²) in [7, 11) is 0. The Hall–Kier alpha value is -0.610. The summed E-state index contributed by atoms with van der Waals surface area (Å²) in [6.07, 6.45) is 0. The predicted octanol–water partition coefficient (Wildman–Crippen LogP) is 1.79. The van der Waals surface area contributed by atoms with Crippen molar-refractivity contribution in [2.24, 2.45) is 5.73 Å². The number of benzene rings is 1. The van der Waals surface area contributed by atoms with Crippen LogP contribution in [0.25, 0.3) is 0 Å². The molecule has 1 aromatic rings. The Labute approximate surface area is 78.2 Å². The molecule has 0 saturated carbocycles. The quantitative estimate of drug-likeness (QED) is 0.725. The predicted molar refractivity (Wildman–Crippen MR) is 51.7 cm³/mol. The summed E-state index contributed by atoms with van der Waals surface area (Å²) in [5, 5.41) is 9.35. The van der Waals surface area contributed by atoms with Gasteiger partial charge in [-0.2, -0.15) is 0 Å². The fourth-order valence-corrected chi connectivity index (χ4v) is 1.25. The van der Waals surface area contributed by atoms with Crippen molar-refractivity contribution in [3.63, 3.8) is 0 Å². The van der Waals surface area contributed by atoms with E-state index in [1.54, 1.807) is 18.2 Å². The Kier molecular flexibility index (Phi) is 2.46. The minimum atomic E-state index is 0.0972. The van der Waals surface area contributed by atoms with Crippen molar-refractivity contribution in [1.82, 2.24) is 0 Å². The van der Waals surface area contributed by atoms with E-state index in [-0.39, 0.29) is 10.7 Å². The standard InChI is InChI=1S/C7H6BrNOS/c8-5-3-1-2-4(6(5)10)7(9)11/h1-3,10H,(H2,9,11). The molecular weight excluding hydrogens is 226 g/mol. The van der Waals surface area contributed by atoms with Gasteiger partial charge in [0.25, 0.3) is 0 Å². The van der Waals surface area contributed by atoms with Crippen molar-refractivity contribution < 1.29 is 5.11 Å². The molecule has 0 spiro atoms. The third-order valence-corrected chi connectivity index (χ3v) is 2.11. The van der Waals surface area contributed by atoms with Gasteiger partial charge in [-0.1, -0.05) is 18.3 Å². The van der Waals surface area contributed by atoms with Crippen LogP contribution in [-0.2, 0) is 0 Å². The van der Waals surface area contributed by atoms with Crippen molar-refractivity contribution >= 4 is 33.1 Å². The Balaban J connectivity index is 3.27. The summed E-state index contributed by atoms with van der Waals surface area (Å²) in [4.78, 5) is 0.198. The van der Waals surface area contributed by atoms with Gasteiger partial charge in [0.1, 0.15) is 10.7 Å². The molecule has 4 heteroatoms. The summed E-state index contributed by atoms with van der Waals surface area (Å²) >= 11 is 7.86. The van der Waals surface area contributed by atoms with E-state index in [4.69, 9.17) is 18.0 Å². The monoisotopic (exact) mass is 231 g/mol. The second kappa shape index (κ2) is 3.19. The molecule has 0 aliphatic rings. The molecule has 0 aliphatic carbocycles. The molecule has 1 rings (SSSR count). The number of nitrogens with two attached hydrogens (primary N) is 1. The van der Waals surface area contributed by atoms with Crippen LogP contribution in [0.4, 0.5) is 0 Å². The lowest BCUT2D eigenvalue weighted by Gasteiger charge is -2.02. The zero-order chi connectivity index (χ0) is 8.43. The van der Waals surface area contributed by atoms with Gasteiger partial charge in [-0.3, -0.25) is 0 Å². The van der Waals surface area contributed by atoms with Gasteiger partial charge >= 0.3 is 0 Å². The normalized spacial score (nSPS) is 9.55. The first kappa shape index (κ1) is 8.49. The molecule has 0 heterocycles. The molecule has 0 atom stereocenters. The molecule has 0 unspecified atom stereocenters. The van der Waals surface area contributed by atoms with Crippen LogP contribution in [0.1, 0.15) is 5.56 Å². The molecule has 2 nitrogen and oxygen atoms in total. The van der Waals surface area contributed by atoms with Gasteiger partial charge < -0.3 is 10.8 Å². The Morgan fingerprint density at radius 3 is 2.64 bits per heavy atom. The van der Waals surface area contributed by atoms with Crippen molar-refractivity contribution in [1.29, 1.82) is 0 Å². The number of para-hydroxylation sites is 1. The number of phenols is 1. The van der Waals surface area contributed by atoms with Crippen molar-refractivity contribution in [2.45, 2.75) is 0 Å². The molecule has 0 amide bonds. The minimum absolute atomic E-state index is 0.0972. The van der Waals surface area contributed by atoms with Crippen LogP contribution in [0.5, 0.6) is 5.75 Å². The van der Waals surface area contributed by atoms with Crippen LogP contribution in [0.2, 0.25) is 0 Å². The van der Waals surface area contributed by atoms with Crippen molar-refractivity contribution in [3.8, 4) is 5.75 Å². The van der Waals surface area contributed by atoms with Gasteiger partial charge in [0.15, 0.2) is 0 Å². The van der Waals surface area contributed by atoms with Gasteiger partial charge in [-0.25, -0.2) is 0 Å². The highest BCUT2D eigenvalue weighted by Crippen LogP contribution is 2.26. The Morgan fingerprint density at radius 1 is 1.55 bits per heavy atom. The summed E-state index contributed by atoms with van der Waals surface area (Å²) in [5.74, 6) is 0.0972. The molecular formula is C7H6BrNOS. The lowest BCUT2D eigenvalue weighted by Crippen LogP contribution is -2.09. The van der Waals surface area contributed by atoms with Crippen LogP contribution in [0.15, 0.2) is 22.7 Å². The molecule has 0 bridgehead atoms. The van der Waals surface area contributed by atoms with Gasteiger partial charge in [-0.05, 0) is 28.1 Å². The van der Waals surface area contributed by atoms with E-state index in [2.05, 4.69) is 15.9 Å². The lowest BCUT2D eigenvalue weighted by molar-refractivity contribution is 0.471. The average Bonchev–Trinajstić information content (AvgIpc) is 1.94. The van der Waals surface area contributed by atoms with E-state index in [1.165, 1.54) is 0 Å². The Bertz CT molecular complexity index is 300. The highest BCUT2D eigenvalue weighted by molar-refractivity contribution is 9.10. The van der Waals surface area contributed by atoms with Gasteiger partial charge in [-0.15, -0.1) is 0 Å². The van der Waals surface area contributed by atoms with Crippen LogP contribution in [0.3, 0.4) is 0 Å². The van der Waals surface area contributed by atoms with Crippen LogP contribution < -0.4 is 5.73 Å². The maximum atomic E-state index is 9.35. The largest absolute Gasteiger partial charge is 0.506 e. The van der Waals surface area contributed by atoms with E-state index in [0.29, 0.717) is 10.0 Å². The van der Waals surface area contributed by atoms with Gasteiger partial charge in [0.2, 0.25) is 0 Å². The third-order valence-electron chi connectivity index (χ3n) is 1.25. The molecule has 58 valence electrons. The van der Waals surface area contributed by atoms with Crippen LogP contribution >= 0.6 is 28.1 Å². The van der Waals surface area contributed by atoms with Crippen LogP contribution in [0, 0.1) is 0 Å². The highest BCUT2D eigenvalue weighted by atomic mass is 79.9. The molecule has 0 saturated heterocycles. The summed E-state index contributed by atoms with van der Waals surface area (Å²) in [6.45, 7) is 0. The smallest absolute Gasteiger partial charge is 0.139 e. The third kappa shape index (κ3) is 1.70. The number of phenolic OH excluding ortho intramolecular Hbond substituents is 1. The number of hydrogen-bond donors (Lipinski definition) is 2. The first-order valence-corrected chi connectivity index (χ1v) is 4.10. The SMILES string of the molecule is NC(=S)c1cccc(Br)c1O. The molecule has 1 aromatic carbocycles. The second-order valence-electron chi connectivity index (χ2n) is 2.00. The molecule has 3 N–H and O–H groups in total. The first-order chi connectivity index (χ1) is 5.13. The summed E-state index contributed by atoms with van der Waals surface area (Å²) in [6, 6.07) is 5.15. The fourth-order valence-electron chi connectivity index (χ4n) is 0.714. The summed E-state index contributed by atoms with van der Waals surface area (Å²) in [5.41, 5.74) is 5.83. The number of hydrogen-bond acceptors (Lipinski definition) is 2. The number of rotatable bonds is 1. The average molecular weight is 232 g/mol. The molecule has 11 heavy (non-hydrogen) atoms. The zero-order valence-electron chi connectivity index (χ0n) is 5.54. The van der Waals surface area contributed by atoms with E-state index < -0.39 is 0 Å². The van der Waals surface area contributed by atoms with Gasteiger partial charge in [0.05, 0.1) is 10.0 Å². The molecule has 0 aliphatic heterocycles. The Morgan fingerprint density at radius 2 is 2.18 bits per heavy atom. The highest BCUT2D eigenvalue weighted by Gasteiger charge is 2.05. The molecule has 0 radical (unpaired) electrons. The zero-order valence-corrected chi connectivity index (χ0v) is 7.95. The van der Waals surface area contributed by atoms with Crippen molar-refractivity contribution in [2.75, 3.05) is 0 Å². The van der Waals surface area contributed by atoms with Gasteiger partial charge in [0, 0.05) is 0 Å². The van der Waals surface area contributed by atoms with E-state index >= 15 is 0 Å². The van der Waals surface area contributed by atoms with Crippen LogP contribution in [-0.4, -0.2) is 10.1 Å². The van der Waals surface area contributed by atoms with E-state index in [1.807, 2.05) is 0 Å². The number of halogens is 1. The first-order valence-electron chi connectivity index (χ1n) is 2.90. The molecule has 0 fully saturated rings. The van der Waals surface area contributed by atoms with E-state index in [0.717, 1.165) is 0 Å². The maximum absolute atomic E-state index is 9.35. The topological polar surface area (TPSA) is 46.2 Å². The summed E-state index contributed by atoms with van der Waals surface area (Å²) < 4.78 is 0.600. The lowest BCUT2D eigenvalue weighted by atomic mass is 10.2. The maximum Gasteiger partial charge on any atom is 0.139 e. The van der Waals surface area contributed by atoms with Crippen molar-refractivity contribution in [3.05, 3.63) is 28.2 Å².